The zero-order chi connectivity index (χ0) is 21.5. The summed E-state index contributed by atoms with van der Waals surface area (Å²) in [5, 5.41) is 11.6. The van der Waals surface area contributed by atoms with Gasteiger partial charge in [-0.3, -0.25) is 4.79 Å². The number of ether oxygens (including phenoxy) is 2. The molecule has 3 rings (SSSR count). The molecule has 1 heterocycles. The molecule has 0 amide bonds. The largest absolute Gasteiger partial charge is 0.497 e. The quantitative estimate of drug-likeness (QED) is 0.199. The summed E-state index contributed by atoms with van der Waals surface area (Å²) in [4.78, 5) is 16.5. The highest BCUT2D eigenvalue weighted by Crippen LogP contribution is 2.25. The van der Waals surface area contributed by atoms with E-state index in [1.54, 1.807) is 32.4 Å². The fourth-order valence-electron chi connectivity index (χ4n) is 2.50. The number of anilines is 1. The Morgan fingerprint density at radius 3 is 2.67 bits per heavy atom. The molecule has 0 spiro atoms. The van der Waals surface area contributed by atoms with Gasteiger partial charge in [0.2, 0.25) is 11.1 Å². The molecule has 1 aromatic heterocycles. The van der Waals surface area contributed by atoms with Gasteiger partial charge in [-0.05, 0) is 31.2 Å². The number of carbonyl (C=O) groups is 1. The zero-order valence-corrected chi connectivity index (χ0v) is 19.0. The number of H-pyrrole nitrogens is 1. The molecule has 0 saturated carbocycles. The van der Waals surface area contributed by atoms with Crippen LogP contribution in [-0.4, -0.2) is 46.6 Å². The third kappa shape index (κ3) is 5.61. The number of aromatic amines is 1. The van der Waals surface area contributed by atoms with Crippen LogP contribution in [0.2, 0.25) is 0 Å². The summed E-state index contributed by atoms with van der Waals surface area (Å²) in [6, 6.07) is 12.7. The molecular weight excluding hydrogens is 470 g/mol. The van der Waals surface area contributed by atoms with Crippen molar-refractivity contribution in [2.45, 2.75) is 12.1 Å². The summed E-state index contributed by atoms with van der Waals surface area (Å²) < 4.78 is 11.5. The predicted octanol–water partition coefficient (Wildman–Crippen LogP) is 4.40. The van der Waals surface area contributed by atoms with E-state index in [0.29, 0.717) is 33.9 Å². The monoisotopic (exact) mass is 489 g/mol. The van der Waals surface area contributed by atoms with Crippen LogP contribution in [-0.2, 0) is 0 Å². The highest BCUT2D eigenvalue weighted by atomic mass is 79.9. The van der Waals surface area contributed by atoms with Gasteiger partial charge in [0.1, 0.15) is 11.5 Å². The summed E-state index contributed by atoms with van der Waals surface area (Å²) in [7, 11) is 3.19. The maximum Gasteiger partial charge on any atom is 0.240 e. The van der Waals surface area contributed by atoms with Crippen molar-refractivity contribution in [2.75, 3.05) is 25.4 Å². The Hall–Kier alpha value is -2.85. The molecule has 2 N–H and O–H groups in total. The second kappa shape index (κ2) is 10.3. The SMILES string of the molecule is COc1ccc(/C(C)=N/Nc2nc(SCC(=O)c3ccc(Br)cc3)n[nH]2)c(OC)c1. The maximum absolute atomic E-state index is 12.3. The van der Waals surface area contributed by atoms with E-state index < -0.39 is 0 Å². The molecule has 10 heteroatoms. The fourth-order valence-corrected chi connectivity index (χ4v) is 3.46. The number of nitrogens with one attached hydrogen (secondary N) is 2. The Bertz CT molecular complexity index is 1050. The molecular formula is C20H20BrN5O3S. The minimum Gasteiger partial charge on any atom is -0.497 e. The third-order valence-corrected chi connectivity index (χ3v) is 5.47. The molecule has 0 fully saturated rings. The van der Waals surface area contributed by atoms with Gasteiger partial charge in [-0.2, -0.15) is 10.1 Å². The second-order valence-corrected chi connectivity index (χ2v) is 7.92. The van der Waals surface area contributed by atoms with Crippen LogP contribution in [0.3, 0.4) is 0 Å². The summed E-state index contributed by atoms with van der Waals surface area (Å²) in [6.45, 7) is 1.85. The van der Waals surface area contributed by atoms with Gasteiger partial charge in [-0.25, -0.2) is 10.5 Å². The van der Waals surface area contributed by atoms with Gasteiger partial charge in [0, 0.05) is 21.7 Å². The highest BCUT2D eigenvalue weighted by Gasteiger charge is 2.11. The normalized spacial score (nSPS) is 11.3. The number of thioether (sulfide) groups is 1. The molecule has 0 aliphatic carbocycles. The predicted molar refractivity (Wildman–Crippen MR) is 121 cm³/mol. The number of ketones is 1. The number of rotatable bonds is 9. The molecule has 156 valence electrons. The standard InChI is InChI=1S/C20H20BrN5O3S/c1-12(16-9-8-15(28-2)10-18(16)29-3)23-24-19-22-20(26-25-19)30-11-17(27)13-4-6-14(21)7-5-13/h4-10H,11H2,1-3H3,(H2,22,24,25,26)/b23-12+. The topological polar surface area (TPSA) is 101 Å². The van der Waals surface area contributed by atoms with Crippen LogP contribution in [0.1, 0.15) is 22.8 Å². The van der Waals surface area contributed by atoms with Crippen molar-refractivity contribution in [3.05, 3.63) is 58.1 Å². The number of hydrazone groups is 1. The van der Waals surface area contributed by atoms with E-state index in [1.165, 1.54) is 11.8 Å². The Kier molecular flexibility index (Phi) is 7.47. The Morgan fingerprint density at radius 1 is 1.20 bits per heavy atom. The molecule has 0 atom stereocenters. The lowest BCUT2D eigenvalue weighted by atomic mass is 10.1. The third-order valence-electron chi connectivity index (χ3n) is 4.09. The number of nitrogens with zero attached hydrogens (tertiary/aromatic N) is 3. The number of halogens is 1. The lowest BCUT2D eigenvalue weighted by Crippen LogP contribution is -2.03. The molecule has 0 saturated heterocycles. The fraction of sp³-hybridized carbons (Fsp3) is 0.200. The van der Waals surface area contributed by atoms with Gasteiger partial charge in [0.25, 0.3) is 0 Å². The molecule has 8 nitrogen and oxygen atoms in total. The van der Waals surface area contributed by atoms with Gasteiger partial charge in [-0.15, -0.1) is 5.10 Å². The van der Waals surface area contributed by atoms with Crippen LogP contribution < -0.4 is 14.9 Å². The molecule has 3 aromatic rings. The van der Waals surface area contributed by atoms with E-state index in [9.17, 15) is 4.79 Å². The van der Waals surface area contributed by atoms with E-state index in [4.69, 9.17) is 9.47 Å². The first-order valence-corrected chi connectivity index (χ1v) is 10.6. The van der Waals surface area contributed by atoms with Crippen LogP contribution in [0.25, 0.3) is 0 Å². The highest BCUT2D eigenvalue weighted by molar-refractivity contribution is 9.10. The first-order chi connectivity index (χ1) is 14.5. The molecule has 0 aliphatic heterocycles. The van der Waals surface area contributed by atoms with Crippen LogP contribution in [0.4, 0.5) is 5.95 Å². The molecule has 30 heavy (non-hydrogen) atoms. The van der Waals surface area contributed by atoms with Gasteiger partial charge < -0.3 is 9.47 Å². The van der Waals surface area contributed by atoms with Crippen molar-refractivity contribution in [3.63, 3.8) is 0 Å². The van der Waals surface area contributed by atoms with Crippen molar-refractivity contribution in [3.8, 4) is 11.5 Å². The average Bonchev–Trinajstić information content (AvgIpc) is 3.23. The van der Waals surface area contributed by atoms with Gasteiger partial charge in [0.05, 0.1) is 25.7 Å². The molecule has 0 aliphatic rings. The number of benzene rings is 2. The number of hydrogen-bond acceptors (Lipinski definition) is 8. The van der Waals surface area contributed by atoms with E-state index in [-0.39, 0.29) is 11.5 Å². The summed E-state index contributed by atoms with van der Waals surface area (Å²) in [6.07, 6.45) is 0. The zero-order valence-electron chi connectivity index (χ0n) is 16.6. The number of Topliss-reactive ketones (excluding diaryl/α,β-unsaturated/α-hetero) is 1. The smallest absolute Gasteiger partial charge is 0.240 e. The Morgan fingerprint density at radius 2 is 1.97 bits per heavy atom. The molecule has 0 radical (unpaired) electrons. The number of methoxy groups -OCH3 is 2. The molecule has 2 aromatic carbocycles. The van der Waals surface area contributed by atoms with Crippen molar-refractivity contribution < 1.29 is 14.3 Å². The average molecular weight is 490 g/mol. The van der Waals surface area contributed by atoms with Crippen molar-refractivity contribution in [2.24, 2.45) is 5.10 Å². The van der Waals surface area contributed by atoms with Crippen LogP contribution in [0, 0.1) is 0 Å². The van der Waals surface area contributed by atoms with Gasteiger partial charge >= 0.3 is 0 Å². The van der Waals surface area contributed by atoms with Gasteiger partial charge in [-0.1, -0.05) is 39.8 Å². The second-order valence-electron chi connectivity index (χ2n) is 6.06. The minimum atomic E-state index is 0.00674. The lowest BCUT2D eigenvalue weighted by molar-refractivity contribution is 0.102. The Balaban J connectivity index is 1.60. The van der Waals surface area contributed by atoms with E-state index in [1.807, 2.05) is 31.2 Å². The summed E-state index contributed by atoms with van der Waals surface area (Å²) in [5.74, 6) is 1.97. The summed E-state index contributed by atoms with van der Waals surface area (Å²) >= 11 is 4.61. The lowest BCUT2D eigenvalue weighted by Gasteiger charge is -2.10. The Labute approximate surface area is 186 Å². The maximum atomic E-state index is 12.3. The minimum absolute atomic E-state index is 0.00674. The van der Waals surface area contributed by atoms with Crippen LogP contribution in [0.15, 0.2) is 57.2 Å². The van der Waals surface area contributed by atoms with Crippen molar-refractivity contribution in [1.82, 2.24) is 15.2 Å². The first-order valence-electron chi connectivity index (χ1n) is 8.87. The molecule has 0 unspecified atom stereocenters. The van der Waals surface area contributed by atoms with Crippen LogP contribution >= 0.6 is 27.7 Å². The van der Waals surface area contributed by atoms with E-state index in [2.05, 4.69) is 41.6 Å². The van der Waals surface area contributed by atoms with E-state index in [0.717, 1.165) is 10.0 Å². The van der Waals surface area contributed by atoms with Crippen molar-refractivity contribution in [1.29, 1.82) is 0 Å². The number of carbonyl (C=O) groups excluding carboxylic acids is 1. The number of aromatic nitrogens is 3. The summed E-state index contributed by atoms with van der Waals surface area (Å²) in [5.41, 5.74) is 5.00. The van der Waals surface area contributed by atoms with Crippen molar-refractivity contribution >= 4 is 45.1 Å². The van der Waals surface area contributed by atoms with Crippen LogP contribution in [0.5, 0.6) is 11.5 Å². The first kappa shape index (κ1) is 21.8. The molecule has 0 bridgehead atoms. The number of hydrogen-bond donors (Lipinski definition) is 2. The van der Waals surface area contributed by atoms with E-state index >= 15 is 0 Å². The van der Waals surface area contributed by atoms with Gasteiger partial charge in [0.15, 0.2) is 5.78 Å².